The van der Waals surface area contributed by atoms with Gasteiger partial charge in [-0.15, -0.1) is 0 Å². The minimum absolute atomic E-state index is 0.255. The Morgan fingerprint density at radius 1 is 1.29 bits per heavy atom. The van der Waals surface area contributed by atoms with E-state index in [1.54, 1.807) is 41.3 Å². The summed E-state index contributed by atoms with van der Waals surface area (Å²) in [6.45, 7) is 0. The van der Waals surface area contributed by atoms with Crippen molar-refractivity contribution in [2.75, 3.05) is 0 Å². The molecule has 5 N–H and O–H groups in total. The van der Waals surface area contributed by atoms with Crippen molar-refractivity contribution in [2.24, 2.45) is 7.05 Å². The number of hydrogen-bond acceptors (Lipinski definition) is 6. The van der Waals surface area contributed by atoms with Crippen LogP contribution in [0.15, 0.2) is 55.1 Å². The van der Waals surface area contributed by atoms with E-state index in [4.69, 9.17) is 21.7 Å². The lowest BCUT2D eigenvalue weighted by molar-refractivity contribution is 0.196. The van der Waals surface area contributed by atoms with Crippen LogP contribution in [0.3, 0.4) is 0 Å². The number of nitrogens with one attached hydrogen (secondary N) is 4. The van der Waals surface area contributed by atoms with Crippen LogP contribution in [-0.2, 0) is 7.05 Å². The number of aromatic nitrogens is 4. The highest BCUT2D eigenvalue weighted by Gasteiger charge is 2.18. The van der Waals surface area contributed by atoms with E-state index >= 15 is 0 Å². The maximum atomic E-state index is 12.2. The van der Waals surface area contributed by atoms with Gasteiger partial charge in [0.05, 0.1) is 11.6 Å². The number of ether oxygens (including phenoxy) is 1. The highest BCUT2D eigenvalue weighted by Crippen LogP contribution is 2.29. The molecule has 10 nitrogen and oxygen atoms in total. The van der Waals surface area contributed by atoms with Gasteiger partial charge in [0.1, 0.15) is 17.6 Å². The molecule has 0 saturated carbocycles. The van der Waals surface area contributed by atoms with Gasteiger partial charge in [-0.25, -0.2) is 15.2 Å². The first-order valence-electron chi connectivity index (χ1n) is 9.13. The predicted octanol–water partition coefficient (Wildman–Crippen LogP) is 2.92. The molecule has 0 aliphatic carbocycles. The number of aliphatic hydroxyl groups is 1. The van der Waals surface area contributed by atoms with Gasteiger partial charge in [-0.3, -0.25) is 15.5 Å². The summed E-state index contributed by atoms with van der Waals surface area (Å²) in [6.07, 6.45) is 4.55. The Kier molecular flexibility index (Phi) is 5.56. The predicted molar refractivity (Wildman–Crippen MR) is 115 cm³/mol. The van der Waals surface area contributed by atoms with Crippen molar-refractivity contribution >= 4 is 34.6 Å². The summed E-state index contributed by atoms with van der Waals surface area (Å²) in [5.74, 6) is -0.116. The van der Waals surface area contributed by atoms with Crippen LogP contribution in [0.5, 0.6) is 5.75 Å². The SMILES string of the molecule is Cn1cc(-c2cnc3[nH]cc(OC(=O)NNC(=N)C(O)c4ccccc4Cl)c3c2)cn1. The van der Waals surface area contributed by atoms with Crippen molar-refractivity contribution < 1.29 is 14.6 Å². The molecule has 0 spiro atoms. The fraction of sp³-hybridized carbons (Fsp3) is 0.100. The Bertz CT molecular complexity index is 1270. The van der Waals surface area contributed by atoms with E-state index in [2.05, 4.69) is 25.9 Å². The Labute approximate surface area is 181 Å². The minimum atomic E-state index is -1.34. The molecule has 11 heteroatoms. The molecule has 0 aliphatic heterocycles. The smallest absolute Gasteiger partial charge is 0.407 e. The number of hydrogen-bond donors (Lipinski definition) is 5. The summed E-state index contributed by atoms with van der Waals surface area (Å²) in [4.78, 5) is 19.5. The fourth-order valence-electron chi connectivity index (χ4n) is 2.96. The second-order valence-corrected chi connectivity index (χ2v) is 7.06. The van der Waals surface area contributed by atoms with E-state index in [9.17, 15) is 9.90 Å². The Morgan fingerprint density at radius 3 is 2.84 bits per heavy atom. The highest BCUT2D eigenvalue weighted by atomic mass is 35.5. The Balaban J connectivity index is 1.42. The fourth-order valence-corrected chi connectivity index (χ4v) is 3.20. The molecule has 0 bridgehead atoms. The molecule has 0 saturated heterocycles. The molecule has 0 aliphatic rings. The van der Waals surface area contributed by atoms with Crippen LogP contribution in [0.25, 0.3) is 22.2 Å². The number of aliphatic hydroxyl groups excluding tert-OH is 1. The summed E-state index contributed by atoms with van der Waals surface area (Å²) in [6, 6.07) is 8.40. The molecular weight excluding hydrogens is 422 g/mol. The lowest BCUT2D eigenvalue weighted by Crippen LogP contribution is -2.44. The van der Waals surface area contributed by atoms with Crippen LogP contribution in [0.4, 0.5) is 4.79 Å². The molecule has 4 rings (SSSR count). The number of aryl methyl sites for hydroxylation is 1. The molecule has 1 aromatic carbocycles. The number of fused-ring (bicyclic) bond motifs is 1. The molecule has 1 unspecified atom stereocenters. The van der Waals surface area contributed by atoms with Gasteiger partial charge in [0.15, 0.2) is 5.75 Å². The number of benzene rings is 1. The summed E-state index contributed by atoms with van der Waals surface area (Å²) >= 11 is 6.02. The maximum absolute atomic E-state index is 12.2. The third kappa shape index (κ3) is 4.34. The van der Waals surface area contributed by atoms with Crippen LogP contribution in [0.2, 0.25) is 5.02 Å². The lowest BCUT2D eigenvalue weighted by atomic mass is 10.1. The number of pyridine rings is 1. The average molecular weight is 440 g/mol. The summed E-state index contributed by atoms with van der Waals surface area (Å²) in [5, 5.41) is 23.2. The second-order valence-electron chi connectivity index (χ2n) is 6.65. The van der Waals surface area contributed by atoms with Gasteiger partial charge in [0.25, 0.3) is 0 Å². The van der Waals surface area contributed by atoms with Crippen LogP contribution < -0.4 is 15.6 Å². The summed E-state index contributed by atoms with van der Waals surface area (Å²) in [5.41, 5.74) is 7.11. The van der Waals surface area contributed by atoms with E-state index in [-0.39, 0.29) is 11.6 Å². The van der Waals surface area contributed by atoms with Crippen LogP contribution in [-0.4, -0.2) is 36.8 Å². The van der Waals surface area contributed by atoms with Crippen molar-refractivity contribution in [3.05, 3.63) is 65.7 Å². The van der Waals surface area contributed by atoms with E-state index < -0.39 is 12.2 Å². The number of hydrazine groups is 1. The van der Waals surface area contributed by atoms with Gasteiger partial charge < -0.3 is 14.8 Å². The first kappa shape index (κ1) is 20.4. The number of amides is 1. The quantitative estimate of drug-likeness (QED) is 0.188. The molecule has 0 radical (unpaired) electrons. The van der Waals surface area contributed by atoms with Crippen molar-refractivity contribution in [1.29, 1.82) is 5.41 Å². The zero-order valence-corrected chi connectivity index (χ0v) is 17.0. The van der Waals surface area contributed by atoms with Gasteiger partial charge in [0.2, 0.25) is 0 Å². The molecule has 31 heavy (non-hydrogen) atoms. The number of nitrogens with zero attached hydrogens (tertiary/aromatic N) is 3. The topological polar surface area (TPSA) is 141 Å². The van der Waals surface area contributed by atoms with Crippen molar-refractivity contribution in [2.45, 2.75) is 6.10 Å². The van der Waals surface area contributed by atoms with E-state index in [0.717, 1.165) is 11.1 Å². The first-order valence-corrected chi connectivity index (χ1v) is 9.51. The molecule has 0 fully saturated rings. The van der Waals surface area contributed by atoms with Gasteiger partial charge in [0, 0.05) is 47.4 Å². The lowest BCUT2D eigenvalue weighted by Gasteiger charge is -2.15. The molecule has 1 amide bonds. The Hall–Kier alpha value is -3.89. The number of carbonyl (C=O) groups excluding carboxylic acids is 1. The highest BCUT2D eigenvalue weighted by molar-refractivity contribution is 6.31. The normalized spacial score (nSPS) is 11.8. The van der Waals surface area contributed by atoms with Gasteiger partial charge >= 0.3 is 6.09 Å². The zero-order chi connectivity index (χ0) is 22.0. The second kappa shape index (κ2) is 8.46. The molecule has 1 atom stereocenters. The zero-order valence-electron chi connectivity index (χ0n) is 16.3. The minimum Gasteiger partial charge on any atom is -0.407 e. The number of amidine groups is 1. The van der Waals surface area contributed by atoms with Crippen LogP contribution in [0, 0.1) is 5.41 Å². The number of carbonyl (C=O) groups is 1. The first-order chi connectivity index (χ1) is 14.9. The third-order valence-electron chi connectivity index (χ3n) is 4.51. The third-order valence-corrected chi connectivity index (χ3v) is 4.85. The molecular formula is C20H18ClN7O3. The van der Waals surface area contributed by atoms with Crippen LogP contribution in [0.1, 0.15) is 11.7 Å². The van der Waals surface area contributed by atoms with E-state index in [0.29, 0.717) is 21.6 Å². The maximum Gasteiger partial charge on any atom is 0.431 e. The van der Waals surface area contributed by atoms with Crippen molar-refractivity contribution in [1.82, 2.24) is 30.6 Å². The van der Waals surface area contributed by atoms with E-state index in [1.165, 1.54) is 6.20 Å². The monoisotopic (exact) mass is 439 g/mol. The van der Waals surface area contributed by atoms with E-state index in [1.807, 2.05) is 19.3 Å². The number of H-pyrrole nitrogens is 1. The standard InChI is InChI=1S/C20H18ClN7O3/c1-28-10-12(8-25-28)11-6-14-16(9-24-19(14)23-7-11)31-20(30)27-26-18(22)17(29)13-4-2-3-5-15(13)21/h2-10,17,29H,1H3,(H2,22,26)(H,23,24)(H,27,30). The summed E-state index contributed by atoms with van der Waals surface area (Å²) < 4.78 is 6.99. The van der Waals surface area contributed by atoms with Crippen molar-refractivity contribution in [3.8, 4) is 16.9 Å². The number of halogens is 1. The van der Waals surface area contributed by atoms with Crippen LogP contribution >= 0.6 is 11.6 Å². The molecule has 158 valence electrons. The van der Waals surface area contributed by atoms with Gasteiger partial charge in [-0.1, -0.05) is 29.8 Å². The Morgan fingerprint density at radius 2 is 2.10 bits per heavy atom. The molecule has 3 aromatic heterocycles. The molecule has 4 aromatic rings. The van der Waals surface area contributed by atoms with Gasteiger partial charge in [-0.2, -0.15) is 5.10 Å². The van der Waals surface area contributed by atoms with Gasteiger partial charge in [-0.05, 0) is 12.1 Å². The van der Waals surface area contributed by atoms with Crippen molar-refractivity contribution in [3.63, 3.8) is 0 Å². The average Bonchev–Trinajstić information content (AvgIpc) is 3.38. The number of rotatable bonds is 4. The largest absolute Gasteiger partial charge is 0.431 e. The molecule has 3 heterocycles. The summed E-state index contributed by atoms with van der Waals surface area (Å²) in [7, 11) is 1.82. The number of aromatic amines is 1.